The molecule has 0 aromatic heterocycles. The van der Waals surface area contributed by atoms with Crippen LogP contribution in [-0.2, 0) is 9.47 Å². The molecule has 0 radical (unpaired) electrons. The van der Waals surface area contributed by atoms with E-state index >= 15 is 0 Å². The lowest BCUT2D eigenvalue weighted by molar-refractivity contribution is -0.494. The molecule has 1 aromatic carbocycles. The molecule has 0 spiro atoms. The summed E-state index contributed by atoms with van der Waals surface area (Å²) in [6, 6.07) is -0.788. The number of halogens is 78. The summed E-state index contributed by atoms with van der Waals surface area (Å²) in [6.45, 7) is -1.54. The third-order valence-electron chi connectivity index (χ3n) is 17.3. The second-order valence-electron chi connectivity index (χ2n) is 26.3. The van der Waals surface area contributed by atoms with Gasteiger partial charge in [-0.05, 0) is 26.0 Å². The SMILES string of the molecule is CC(CC(F)(F)C(F)(F)C(F)(F)C(F)(F)C(F)(F)C(F)(F)C(F)(F)C(F)(F)C(F)(F)C(F)(F)C(F)(F)C(F)(F)C(F)(F)C(F)(F)C(F)(F)C(F)(F)C(F)(F)C(F)(F)C(F)(F)F)OC(=O)c1ccccc1C(=O)OC(C)CC(F)(F)C(F)(F)C(F)(F)C(F)(F)C(F)(F)C(F)(F)C(F)(F)C(F)(F)C(F)(F)C(F)(F)C(F)(F)C(F)(F)C(F)(F)C(F)(F)C(F)(F)C(F)(F)C(F)(F)C(F)(F)C(F)(F)F. The summed E-state index contributed by atoms with van der Waals surface area (Å²) < 4.78 is 1110. The summed E-state index contributed by atoms with van der Waals surface area (Å²) in [6.07, 6.45) is -34.0. The van der Waals surface area contributed by atoms with Crippen LogP contribution in [0.2, 0.25) is 0 Å². The zero-order chi connectivity index (χ0) is 110. The molecule has 0 fully saturated rings. The third kappa shape index (κ3) is 15.3. The molecule has 0 aliphatic heterocycles. The van der Waals surface area contributed by atoms with Crippen molar-refractivity contribution in [2.45, 2.75) is 264 Å². The van der Waals surface area contributed by atoms with Crippen LogP contribution in [0, 0.1) is 0 Å². The van der Waals surface area contributed by atoms with Crippen molar-refractivity contribution in [2.75, 3.05) is 0 Å². The molecule has 1 aromatic rings. The van der Waals surface area contributed by atoms with Gasteiger partial charge in [-0.15, -0.1) is 0 Å². The number of hydrogen-bond donors (Lipinski definition) is 0. The van der Waals surface area contributed by atoms with Crippen LogP contribution in [0.15, 0.2) is 24.3 Å². The fourth-order valence-corrected chi connectivity index (χ4v) is 9.12. The van der Waals surface area contributed by atoms with Crippen molar-refractivity contribution in [3.63, 3.8) is 0 Å². The van der Waals surface area contributed by atoms with Crippen LogP contribution in [0.1, 0.15) is 47.4 Å². The summed E-state index contributed by atoms with van der Waals surface area (Å²) in [5, 5.41) is 0. The molecule has 794 valence electrons. The zero-order valence-electron chi connectivity index (χ0n) is 59.0. The van der Waals surface area contributed by atoms with Crippen molar-refractivity contribution in [2.24, 2.45) is 0 Å². The maximum absolute atomic E-state index is 14.9. The summed E-state index contributed by atoms with van der Waals surface area (Å²) in [5.41, 5.74) is -4.61. The van der Waals surface area contributed by atoms with E-state index in [4.69, 9.17) is 0 Å². The molecule has 0 aliphatic rings. The fourth-order valence-electron chi connectivity index (χ4n) is 9.12. The molecular weight excluding hydrogens is 2170 g/mol. The first-order valence-electron chi connectivity index (χ1n) is 30.0. The number of carbonyl (C=O) groups is 2. The van der Waals surface area contributed by atoms with Crippen molar-refractivity contribution in [1.29, 1.82) is 0 Å². The van der Waals surface area contributed by atoms with Crippen LogP contribution in [-0.4, -0.2) is 250 Å². The Hall–Kier alpha value is -7.30. The molecule has 0 heterocycles. The molecule has 134 heavy (non-hydrogen) atoms. The molecule has 2 unspecified atom stereocenters. The Balaban J connectivity index is 3.95. The lowest BCUT2D eigenvalue weighted by atomic mass is 9.82. The standard InChI is InChI=1S/C52H16F78O4/c1-9(7-15(53,54)17(57,58)19(61,62)21(65,66)23(69,70)25(73,74)27(77,78)29(81,82)31(85,86)33(89,90)35(93,94)37(97,98)39(101,102)41(105,106)43(109,110)45(113,114)47(117,118)49(121,122)51(125,126)127)133-13(131)11-5-3-4-6-12(11)14(132)134-10(2)8-16(55,56)18(59,60)20(63,64)22(67,68)24(71,72)26(75,76)28(79,80)30(83,84)32(87,88)34(91,92)36(95,96)38(99,100)40(103,104)42(107,108)44(111,112)46(115,116)48(119,120)50(123,124)52(128,129)130/h3-6,9-10H,7-8H2,1-2H3. The minimum atomic E-state index is -10.9. The van der Waals surface area contributed by atoms with Gasteiger partial charge in [0.05, 0.1) is 24.0 Å². The van der Waals surface area contributed by atoms with E-state index in [1.807, 2.05) is 0 Å². The number of carbonyl (C=O) groups excluding carboxylic acids is 2. The van der Waals surface area contributed by atoms with Gasteiger partial charge in [0, 0.05) is 0 Å². The van der Waals surface area contributed by atoms with Crippen LogP contribution in [0.25, 0.3) is 0 Å². The van der Waals surface area contributed by atoms with Gasteiger partial charge in [0.2, 0.25) is 0 Å². The molecule has 0 amide bonds. The van der Waals surface area contributed by atoms with Crippen molar-refractivity contribution in [1.82, 2.24) is 0 Å². The van der Waals surface area contributed by atoms with Gasteiger partial charge in [-0.3, -0.25) is 0 Å². The smallest absolute Gasteiger partial charge is 0.459 e. The van der Waals surface area contributed by atoms with Crippen LogP contribution >= 0.6 is 0 Å². The van der Waals surface area contributed by atoms with Crippen molar-refractivity contribution < 1.29 is 362 Å². The van der Waals surface area contributed by atoms with Crippen LogP contribution in [0.3, 0.4) is 0 Å². The molecule has 1 rings (SSSR count). The second kappa shape index (κ2) is 32.1. The topological polar surface area (TPSA) is 52.6 Å². The number of hydrogen-bond acceptors (Lipinski definition) is 4. The number of esters is 2. The predicted molar refractivity (Wildman–Crippen MR) is 256 cm³/mol. The van der Waals surface area contributed by atoms with Gasteiger partial charge >= 0.3 is 238 Å². The minimum Gasteiger partial charge on any atom is -0.459 e. The van der Waals surface area contributed by atoms with Crippen molar-refractivity contribution >= 4 is 11.9 Å². The highest BCUT2D eigenvalue weighted by Gasteiger charge is 3.07. The van der Waals surface area contributed by atoms with E-state index in [9.17, 15) is 352 Å². The molecule has 0 N–H and O–H groups in total. The highest BCUT2D eigenvalue weighted by atomic mass is 19.5. The number of benzene rings is 1. The quantitative estimate of drug-likeness (QED) is 0.0484. The highest BCUT2D eigenvalue weighted by Crippen LogP contribution is 2.76. The Morgan fingerprint density at radius 2 is 0.261 bits per heavy atom. The molecule has 0 saturated heterocycles. The zero-order valence-corrected chi connectivity index (χ0v) is 59.0. The average Bonchev–Trinajstić information content (AvgIpc) is 0.672. The van der Waals surface area contributed by atoms with Gasteiger partial charge in [-0.25, -0.2) is 9.59 Å². The largest absolute Gasteiger partial charge is 0.460 e. The van der Waals surface area contributed by atoms with E-state index in [-0.39, 0.29) is 12.1 Å². The van der Waals surface area contributed by atoms with Crippen molar-refractivity contribution in [3.05, 3.63) is 35.4 Å². The number of alkyl halides is 78. The van der Waals surface area contributed by atoms with E-state index in [0.29, 0.717) is 0 Å². The van der Waals surface area contributed by atoms with Gasteiger partial charge in [-0.1, -0.05) is 12.1 Å². The fraction of sp³-hybridized carbons (Fsp3) is 0.846. The summed E-state index contributed by atoms with van der Waals surface area (Å²) in [4.78, 5) is 25.5. The lowest BCUT2D eigenvalue weighted by Crippen LogP contribution is -2.80. The van der Waals surface area contributed by atoms with Gasteiger partial charge in [-0.2, -0.15) is 342 Å². The molecule has 82 heteroatoms. The van der Waals surface area contributed by atoms with E-state index < -0.39 is 300 Å². The molecule has 0 bridgehead atoms. The monoisotopic (exact) mass is 2190 g/mol. The molecular formula is C52H16F78O4. The van der Waals surface area contributed by atoms with E-state index in [1.165, 1.54) is 0 Å². The Morgan fingerprint density at radius 1 is 0.172 bits per heavy atom. The minimum absolute atomic E-state index is 0.00334. The Bertz CT molecular complexity index is 4090. The summed E-state index contributed by atoms with van der Waals surface area (Å²) >= 11 is 0. The van der Waals surface area contributed by atoms with E-state index in [0.717, 1.165) is 0 Å². The number of ether oxygens (including phenoxy) is 2. The third-order valence-corrected chi connectivity index (χ3v) is 17.3. The van der Waals surface area contributed by atoms with Crippen molar-refractivity contribution in [3.8, 4) is 0 Å². The Kier molecular flexibility index (Phi) is 29.9. The average molecular weight is 2190 g/mol. The van der Waals surface area contributed by atoms with Gasteiger partial charge < -0.3 is 9.47 Å². The van der Waals surface area contributed by atoms with Gasteiger partial charge in [0.25, 0.3) is 0 Å². The first-order chi connectivity index (χ1) is 56.8. The highest BCUT2D eigenvalue weighted by molar-refractivity contribution is 6.03. The predicted octanol–water partition coefficient (Wildman–Crippen LogP) is 27.6. The van der Waals surface area contributed by atoms with Crippen LogP contribution < -0.4 is 0 Å². The first-order valence-corrected chi connectivity index (χ1v) is 30.0. The van der Waals surface area contributed by atoms with Crippen LogP contribution in [0.4, 0.5) is 342 Å². The number of rotatable bonds is 42. The molecule has 2 atom stereocenters. The summed E-state index contributed by atoms with van der Waals surface area (Å²) in [5.74, 6) is -376. The Morgan fingerprint density at radius 3 is 0.358 bits per heavy atom. The Labute approximate surface area is 674 Å². The molecule has 0 aliphatic carbocycles. The first kappa shape index (κ1) is 125. The second-order valence-corrected chi connectivity index (χ2v) is 26.3. The van der Waals surface area contributed by atoms with Gasteiger partial charge in [0.1, 0.15) is 12.2 Å². The molecule has 4 nitrogen and oxygen atoms in total. The van der Waals surface area contributed by atoms with Crippen LogP contribution in [0.5, 0.6) is 0 Å². The van der Waals surface area contributed by atoms with E-state index in [1.54, 1.807) is 0 Å². The van der Waals surface area contributed by atoms with Gasteiger partial charge in [0.15, 0.2) is 0 Å². The maximum atomic E-state index is 14.9. The normalized spacial score (nSPS) is 17.3. The lowest BCUT2D eigenvalue weighted by Gasteiger charge is -2.47. The molecule has 0 saturated carbocycles. The van der Waals surface area contributed by atoms with E-state index in [2.05, 4.69) is 9.47 Å². The maximum Gasteiger partial charge on any atom is 0.460 e. The summed E-state index contributed by atoms with van der Waals surface area (Å²) in [7, 11) is 0.